The van der Waals surface area contributed by atoms with E-state index in [1.165, 1.54) is 0 Å². The number of carbonyl (C=O) groups is 2. The van der Waals surface area contributed by atoms with Gasteiger partial charge >= 0.3 is 0 Å². The van der Waals surface area contributed by atoms with Crippen LogP contribution in [0.4, 0.5) is 5.69 Å². The molecule has 0 spiro atoms. The van der Waals surface area contributed by atoms with Crippen LogP contribution in [-0.2, 0) is 4.74 Å². The Balaban J connectivity index is 1.76. The zero-order chi connectivity index (χ0) is 17.8. The molecule has 1 aromatic carbocycles. The summed E-state index contributed by atoms with van der Waals surface area (Å²) in [5.41, 5.74) is 1.94. The fourth-order valence-electron chi connectivity index (χ4n) is 2.56. The lowest BCUT2D eigenvalue weighted by Gasteiger charge is -2.26. The number of morpholine rings is 1. The first-order valence-electron chi connectivity index (χ1n) is 7.96. The quantitative estimate of drug-likeness (QED) is 0.914. The number of ether oxygens (including phenoxy) is 1. The van der Waals surface area contributed by atoms with E-state index < -0.39 is 0 Å². The zero-order valence-corrected chi connectivity index (χ0v) is 14.5. The lowest BCUT2D eigenvalue weighted by Crippen LogP contribution is -2.41. The van der Waals surface area contributed by atoms with Gasteiger partial charge in [-0.05, 0) is 42.8 Å². The Morgan fingerprint density at radius 3 is 2.60 bits per heavy atom. The second-order valence-electron chi connectivity index (χ2n) is 5.73. The first-order valence-corrected chi connectivity index (χ1v) is 8.34. The van der Waals surface area contributed by atoms with Crippen LogP contribution < -0.4 is 5.32 Å². The molecule has 0 saturated carbocycles. The predicted octanol–water partition coefficient (Wildman–Crippen LogP) is 2.77. The van der Waals surface area contributed by atoms with E-state index in [1.807, 2.05) is 6.92 Å². The molecule has 1 aliphatic heterocycles. The molecule has 0 aliphatic carbocycles. The number of nitrogens with zero attached hydrogens (tertiary/aromatic N) is 2. The van der Waals surface area contributed by atoms with E-state index in [0.29, 0.717) is 37.0 Å². The van der Waals surface area contributed by atoms with Crippen molar-refractivity contribution in [1.29, 1.82) is 0 Å². The normalized spacial score (nSPS) is 14.2. The van der Waals surface area contributed by atoms with Gasteiger partial charge in [0.15, 0.2) is 0 Å². The third kappa shape index (κ3) is 4.15. The minimum Gasteiger partial charge on any atom is -0.378 e. The minimum atomic E-state index is -0.373. The van der Waals surface area contributed by atoms with Gasteiger partial charge in [0.1, 0.15) is 11.4 Å². The molecule has 25 heavy (non-hydrogen) atoms. The van der Waals surface area contributed by atoms with Crippen LogP contribution in [0.15, 0.2) is 36.4 Å². The molecule has 0 bridgehead atoms. The van der Waals surface area contributed by atoms with E-state index >= 15 is 0 Å². The number of carbonyl (C=O) groups excluding carboxylic acids is 2. The van der Waals surface area contributed by atoms with Crippen molar-refractivity contribution in [2.45, 2.75) is 6.92 Å². The van der Waals surface area contributed by atoms with E-state index in [1.54, 1.807) is 41.3 Å². The van der Waals surface area contributed by atoms with Crippen molar-refractivity contribution in [2.24, 2.45) is 0 Å². The molecule has 7 heteroatoms. The lowest BCUT2D eigenvalue weighted by atomic mass is 10.2. The Morgan fingerprint density at radius 2 is 1.88 bits per heavy atom. The van der Waals surface area contributed by atoms with Crippen LogP contribution in [0.1, 0.15) is 26.5 Å². The third-order valence-corrected chi connectivity index (χ3v) is 4.17. The number of aryl methyl sites for hydroxylation is 1. The highest BCUT2D eigenvalue weighted by atomic mass is 35.5. The van der Waals surface area contributed by atoms with Gasteiger partial charge in [0, 0.05) is 23.8 Å². The molecule has 2 amide bonds. The predicted molar refractivity (Wildman–Crippen MR) is 95.1 cm³/mol. The molecule has 1 aliphatic rings. The Labute approximate surface area is 150 Å². The van der Waals surface area contributed by atoms with Gasteiger partial charge in [-0.3, -0.25) is 9.59 Å². The van der Waals surface area contributed by atoms with Gasteiger partial charge in [0.2, 0.25) is 0 Å². The van der Waals surface area contributed by atoms with E-state index in [0.717, 1.165) is 5.56 Å². The number of amides is 2. The van der Waals surface area contributed by atoms with Crippen LogP contribution in [0, 0.1) is 6.92 Å². The van der Waals surface area contributed by atoms with Gasteiger partial charge in [-0.15, -0.1) is 0 Å². The number of hydrogen-bond donors (Lipinski definition) is 1. The van der Waals surface area contributed by atoms with E-state index in [-0.39, 0.29) is 23.2 Å². The van der Waals surface area contributed by atoms with Crippen LogP contribution in [0.25, 0.3) is 0 Å². The van der Waals surface area contributed by atoms with E-state index in [9.17, 15) is 9.59 Å². The number of anilines is 1. The summed E-state index contributed by atoms with van der Waals surface area (Å²) < 4.78 is 5.25. The second kappa shape index (κ2) is 7.63. The van der Waals surface area contributed by atoms with Gasteiger partial charge in [-0.25, -0.2) is 4.98 Å². The molecule has 6 nitrogen and oxygen atoms in total. The number of hydrogen-bond acceptors (Lipinski definition) is 4. The summed E-state index contributed by atoms with van der Waals surface area (Å²) in [6.45, 7) is 3.94. The summed E-state index contributed by atoms with van der Waals surface area (Å²) in [6, 6.07) is 10.1. The van der Waals surface area contributed by atoms with Gasteiger partial charge in [0.25, 0.3) is 11.8 Å². The minimum absolute atomic E-state index is 0.188. The number of aromatic nitrogens is 1. The monoisotopic (exact) mass is 359 g/mol. The number of nitrogens with one attached hydrogen (secondary N) is 1. The first-order chi connectivity index (χ1) is 12.0. The van der Waals surface area contributed by atoms with Crippen LogP contribution in [0.3, 0.4) is 0 Å². The van der Waals surface area contributed by atoms with Crippen LogP contribution in [0.5, 0.6) is 0 Å². The Morgan fingerprint density at radius 1 is 1.16 bits per heavy atom. The van der Waals surface area contributed by atoms with E-state index in [2.05, 4.69) is 10.3 Å². The average molecular weight is 360 g/mol. The maximum absolute atomic E-state index is 12.5. The highest BCUT2D eigenvalue weighted by Gasteiger charge is 2.20. The third-order valence-electron chi connectivity index (χ3n) is 3.94. The topological polar surface area (TPSA) is 71.5 Å². The molecule has 1 saturated heterocycles. The molecule has 1 fully saturated rings. The van der Waals surface area contributed by atoms with Crippen molar-refractivity contribution < 1.29 is 14.3 Å². The summed E-state index contributed by atoms with van der Waals surface area (Å²) in [7, 11) is 0. The Kier molecular flexibility index (Phi) is 5.31. The molecule has 0 unspecified atom stereocenters. The molecular weight excluding hydrogens is 342 g/mol. The summed E-state index contributed by atoms with van der Waals surface area (Å²) in [5.74, 6) is -0.567. The maximum Gasteiger partial charge on any atom is 0.274 e. The van der Waals surface area contributed by atoms with Gasteiger partial charge in [-0.1, -0.05) is 17.7 Å². The Bertz CT molecular complexity index is 804. The van der Waals surface area contributed by atoms with Gasteiger partial charge < -0.3 is 15.0 Å². The molecule has 2 aromatic rings. The molecular formula is C18H18ClN3O3. The molecule has 0 radical (unpaired) electrons. The number of pyridine rings is 1. The fraction of sp³-hybridized carbons (Fsp3) is 0.278. The standard InChI is InChI=1S/C18H18ClN3O3/c1-12-11-13(19)5-6-14(12)21-17(23)15-3-2-4-16(20-15)18(24)22-7-9-25-10-8-22/h2-6,11H,7-10H2,1H3,(H,21,23). The molecule has 1 N–H and O–H groups in total. The summed E-state index contributed by atoms with van der Waals surface area (Å²) in [5, 5.41) is 3.40. The lowest BCUT2D eigenvalue weighted by molar-refractivity contribution is 0.0299. The SMILES string of the molecule is Cc1cc(Cl)ccc1NC(=O)c1cccc(C(=O)N2CCOCC2)n1. The van der Waals surface area contributed by atoms with E-state index in [4.69, 9.17) is 16.3 Å². The van der Waals surface area contributed by atoms with Crippen LogP contribution in [-0.4, -0.2) is 48.0 Å². The second-order valence-corrected chi connectivity index (χ2v) is 6.16. The number of benzene rings is 1. The van der Waals surface area contributed by atoms with Gasteiger partial charge in [-0.2, -0.15) is 0 Å². The molecule has 2 heterocycles. The summed E-state index contributed by atoms with van der Waals surface area (Å²) in [4.78, 5) is 30.8. The summed E-state index contributed by atoms with van der Waals surface area (Å²) in [6.07, 6.45) is 0. The summed E-state index contributed by atoms with van der Waals surface area (Å²) >= 11 is 5.92. The zero-order valence-electron chi connectivity index (χ0n) is 13.8. The molecule has 130 valence electrons. The highest BCUT2D eigenvalue weighted by Crippen LogP contribution is 2.20. The van der Waals surface area contributed by atoms with Crippen molar-refractivity contribution in [3.05, 3.63) is 58.4 Å². The van der Waals surface area contributed by atoms with Crippen molar-refractivity contribution in [2.75, 3.05) is 31.6 Å². The van der Waals surface area contributed by atoms with Gasteiger partial charge in [0.05, 0.1) is 13.2 Å². The largest absolute Gasteiger partial charge is 0.378 e. The first kappa shape index (κ1) is 17.4. The fourth-order valence-corrected chi connectivity index (χ4v) is 2.79. The van der Waals surface area contributed by atoms with Crippen LogP contribution >= 0.6 is 11.6 Å². The smallest absolute Gasteiger partial charge is 0.274 e. The molecule has 1 aromatic heterocycles. The maximum atomic E-state index is 12.5. The molecule has 0 atom stereocenters. The average Bonchev–Trinajstić information content (AvgIpc) is 2.64. The molecule has 3 rings (SSSR count). The number of halogens is 1. The Hall–Kier alpha value is -2.44. The van der Waals surface area contributed by atoms with Crippen molar-refractivity contribution in [3.63, 3.8) is 0 Å². The van der Waals surface area contributed by atoms with Crippen molar-refractivity contribution in [1.82, 2.24) is 9.88 Å². The van der Waals surface area contributed by atoms with Crippen molar-refractivity contribution >= 4 is 29.1 Å². The van der Waals surface area contributed by atoms with Crippen molar-refractivity contribution in [3.8, 4) is 0 Å². The van der Waals surface area contributed by atoms with Crippen LogP contribution in [0.2, 0.25) is 5.02 Å². The highest BCUT2D eigenvalue weighted by molar-refractivity contribution is 6.30. The number of rotatable bonds is 3.